The Morgan fingerprint density at radius 2 is 2.26 bits per heavy atom. The van der Waals surface area contributed by atoms with Crippen LogP contribution in [0.15, 0.2) is 11.4 Å². The highest BCUT2D eigenvalue weighted by molar-refractivity contribution is 7.99. The Balaban J connectivity index is 2.93. The molecule has 0 aliphatic rings. The number of aromatic nitrogens is 2. The van der Waals surface area contributed by atoms with Gasteiger partial charge in [-0.05, 0) is 19.8 Å². The van der Waals surface area contributed by atoms with Crippen molar-refractivity contribution in [3.05, 3.63) is 11.9 Å². The van der Waals surface area contributed by atoms with Crippen molar-refractivity contribution in [2.75, 3.05) is 19.0 Å². The Hall–Kier alpha value is -1.01. The predicted octanol–water partition coefficient (Wildman–Crippen LogP) is 2.60. The Morgan fingerprint density at radius 3 is 2.79 bits per heavy atom. The second-order valence-electron chi connectivity index (χ2n) is 4.71. The van der Waals surface area contributed by atoms with E-state index in [1.807, 2.05) is 13.8 Å². The fraction of sp³-hybridized carbons (Fsp3) is 0.692. The molecule has 0 aliphatic carbocycles. The fourth-order valence-corrected chi connectivity index (χ4v) is 2.66. The van der Waals surface area contributed by atoms with Crippen LogP contribution in [-0.2, 0) is 9.53 Å². The molecule has 0 aliphatic heterocycles. The number of imidazole rings is 1. The molecule has 0 saturated carbocycles. The van der Waals surface area contributed by atoms with Gasteiger partial charge in [0.1, 0.15) is 0 Å². The SMILES string of the molecule is CCOCC(C(C)C)n1c(C)cnc1SCC(=O)O. The summed E-state index contributed by atoms with van der Waals surface area (Å²) in [6.07, 6.45) is 1.78. The molecule has 19 heavy (non-hydrogen) atoms. The lowest BCUT2D eigenvalue weighted by atomic mass is 10.1. The monoisotopic (exact) mass is 286 g/mol. The maximum Gasteiger partial charge on any atom is 0.313 e. The van der Waals surface area contributed by atoms with Gasteiger partial charge in [-0.15, -0.1) is 0 Å². The van der Waals surface area contributed by atoms with Crippen molar-refractivity contribution in [2.24, 2.45) is 5.92 Å². The first kappa shape index (κ1) is 16.0. The average molecular weight is 286 g/mol. The van der Waals surface area contributed by atoms with Gasteiger partial charge in [-0.3, -0.25) is 4.79 Å². The molecule has 5 nitrogen and oxygen atoms in total. The van der Waals surface area contributed by atoms with Crippen LogP contribution in [-0.4, -0.2) is 39.6 Å². The Labute approximate surface area is 118 Å². The summed E-state index contributed by atoms with van der Waals surface area (Å²) in [5, 5.41) is 9.53. The van der Waals surface area contributed by atoms with Gasteiger partial charge in [-0.2, -0.15) is 0 Å². The summed E-state index contributed by atoms with van der Waals surface area (Å²) in [6, 6.07) is 0.179. The van der Waals surface area contributed by atoms with E-state index in [-0.39, 0.29) is 11.8 Å². The molecule has 0 amide bonds. The van der Waals surface area contributed by atoms with Gasteiger partial charge >= 0.3 is 5.97 Å². The molecule has 1 heterocycles. The van der Waals surface area contributed by atoms with E-state index in [2.05, 4.69) is 23.4 Å². The number of thioether (sulfide) groups is 1. The molecule has 0 spiro atoms. The first-order valence-corrected chi connectivity index (χ1v) is 7.42. The van der Waals surface area contributed by atoms with Gasteiger partial charge in [0.2, 0.25) is 0 Å². The van der Waals surface area contributed by atoms with Crippen molar-refractivity contribution in [3.8, 4) is 0 Å². The van der Waals surface area contributed by atoms with Gasteiger partial charge in [0, 0.05) is 18.5 Å². The van der Waals surface area contributed by atoms with Gasteiger partial charge in [0.15, 0.2) is 5.16 Å². The minimum absolute atomic E-state index is 0.0237. The Morgan fingerprint density at radius 1 is 1.58 bits per heavy atom. The van der Waals surface area contributed by atoms with Crippen LogP contribution in [0.3, 0.4) is 0 Å². The van der Waals surface area contributed by atoms with Gasteiger partial charge in [0.05, 0.1) is 18.4 Å². The van der Waals surface area contributed by atoms with Crippen molar-refractivity contribution >= 4 is 17.7 Å². The molecule has 108 valence electrons. The molecular formula is C13H22N2O3S. The number of hydrogen-bond acceptors (Lipinski definition) is 4. The molecule has 6 heteroatoms. The molecule has 1 unspecified atom stereocenters. The second-order valence-corrected chi connectivity index (χ2v) is 5.65. The van der Waals surface area contributed by atoms with E-state index in [9.17, 15) is 4.79 Å². The van der Waals surface area contributed by atoms with Crippen LogP contribution in [0.1, 0.15) is 32.5 Å². The normalized spacial score (nSPS) is 12.9. The summed E-state index contributed by atoms with van der Waals surface area (Å²) in [5.74, 6) is -0.414. The van der Waals surface area contributed by atoms with E-state index in [0.29, 0.717) is 19.1 Å². The highest BCUT2D eigenvalue weighted by Crippen LogP contribution is 2.27. The summed E-state index contributed by atoms with van der Waals surface area (Å²) in [5.41, 5.74) is 1.03. The van der Waals surface area contributed by atoms with Crippen molar-refractivity contribution in [3.63, 3.8) is 0 Å². The lowest BCUT2D eigenvalue weighted by molar-refractivity contribution is -0.133. The molecule has 1 rings (SSSR count). The molecule has 0 bridgehead atoms. The number of aryl methyl sites for hydroxylation is 1. The zero-order chi connectivity index (χ0) is 14.4. The zero-order valence-electron chi connectivity index (χ0n) is 11.9. The van der Waals surface area contributed by atoms with Crippen LogP contribution >= 0.6 is 11.8 Å². The average Bonchev–Trinajstić information content (AvgIpc) is 2.69. The maximum atomic E-state index is 10.7. The van der Waals surface area contributed by atoms with Crippen LogP contribution in [0, 0.1) is 12.8 Å². The smallest absolute Gasteiger partial charge is 0.313 e. The quantitative estimate of drug-likeness (QED) is 0.744. The van der Waals surface area contributed by atoms with E-state index < -0.39 is 5.97 Å². The van der Waals surface area contributed by atoms with Crippen LogP contribution < -0.4 is 0 Å². The van der Waals surface area contributed by atoms with Crippen molar-refractivity contribution in [1.29, 1.82) is 0 Å². The molecule has 1 aromatic rings. The van der Waals surface area contributed by atoms with Crippen molar-refractivity contribution in [1.82, 2.24) is 9.55 Å². The standard InChI is InChI=1S/C13H22N2O3S/c1-5-18-7-11(9(2)3)15-10(4)6-14-13(15)19-8-12(16)17/h6,9,11H,5,7-8H2,1-4H3,(H,16,17). The minimum Gasteiger partial charge on any atom is -0.481 e. The van der Waals surface area contributed by atoms with Gasteiger partial charge in [-0.25, -0.2) is 4.98 Å². The number of ether oxygens (including phenoxy) is 1. The van der Waals surface area contributed by atoms with Crippen LogP contribution in [0.25, 0.3) is 0 Å². The topological polar surface area (TPSA) is 64.4 Å². The van der Waals surface area contributed by atoms with Gasteiger partial charge in [-0.1, -0.05) is 25.6 Å². The maximum absolute atomic E-state index is 10.7. The highest BCUT2D eigenvalue weighted by Gasteiger charge is 2.21. The van der Waals surface area contributed by atoms with Gasteiger partial charge in [0.25, 0.3) is 0 Å². The summed E-state index contributed by atoms with van der Waals surface area (Å²) in [4.78, 5) is 15.0. The van der Waals surface area contributed by atoms with E-state index in [1.54, 1.807) is 6.20 Å². The zero-order valence-corrected chi connectivity index (χ0v) is 12.7. The molecule has 0 fully saturated rings. The molecule has 0 saturated heterocycles. The van der Waals surface area contributed by atoms with Gasteiger partial charge < -0.3 is 14.4 Å². The molecule has 1 N–H and O–H groups in total. The van der Waals surface area contributed by atoms with Crippen LogP contribution in [0.5, 0.6) is 0 Å². The lowest BCUT2D eigenvalue weighted by Crippen LogP contribution is -2.23. The summed E-state index contributed by atoms with van der Waals surface area (Å²) < 4.78 is 7.63. The minimum atomic E-state index is -0.830. The van der Waals surface area contributed by atoms with Crippen LogP contribution in [0.2, 0.25) is 0 Å². The molecular weight excluding hydrogens is 264 g/mol. The summed E-state index contributed by atoms with van der Waals surface area (Å²) in [7, 11) is 0. The fourth-order valence-electron chi connectivity index (χ4n) is 1.86. The first-order chi connectivity index (χ1) is 8.97. The number of rotatable bonds is 8. The molecule has 0 radical (unpaired) electrons. The lowest BCUT2D eigenvalue weighted by Gasteiger charge is -2.25. The Bertz CT molecular complexity index is 418. The number of aliphatic carboxylic acids is 1. The third kappa shape index (κ3) is 4.54. The summed E-state index contributed by atoms with van der Waals surface area (Å²) >= 11 is 1.25. The third-order valence-corrected chi connectivity index (χ3v) is 3.82. The van der Waals surface area contributed by atoms with Crippen molar-refractivity contribution < 1.29 is 14.6 Å². The van der Waals surface area contributed by atoms with E-state index in [1.165, 1.54) is 11.8 Å². The summed E-state index contributed by atoms with van der Waals surface area (Å²) in [6.45, 7) is 9.52. The number of carboxylic acid groups (broad SMARTS) is 1. The van der Waals surface area contributed by atoms with Crippen molar-refractivity contribution in [2.45, 2.75) is 38.9 Å². The number of carbonyl (C=O) groups is 1. The number of carboxylic acids is 1. The predicted molar refractivity (Wildman–Crippen MR) is 75.7 cm³/mol. The van der Waals surface area contributed by atoms with E-state index in [0.717, 1.165) is 10.9 Å². The van der Waals surface area contributed by atoms with Crippen LogP contribution in [0.4, 0.5) is 0 Å². The molecule has 0 aromatic carbocycles. The first-order valence-electron chi connectivity index (χ1n) is 6.43. The van der Waals surface area contributed by atoms with E-state index in [4.69, 9.17) is 9.84 Å². The largest absolute Gasteiger partial charge is 0.481 e. The molecule has 1 aromatic heterocycles. The highest BCUT2D eigenvalue weighted by atomic mass is 32.2. The third-order valence-electron chi connectivity index (χ3n) is 2.87. The number of hydrogen-bond donors (Lipinski definition) is 1. The number of nitrogens with zero attached hydrogens (tertiary/aromatic N) is 2. The van der Waals surface area contributed by atoms with E-state index >= 15 is 0 Å². The Kier molecular flexibility index (Phi) is 6.37. The second kappa shape index (κ2) is 7.55. The molecule has 1 atom stereocenters.